The number of carbonyl (C=O) groups is 1. The van der Waals surface area contributed by atoms with Gasteiger partial charge in [0.2, 0.25) is 0 Å². The minimum Gasteiger partial charge on any atom is -0.450 e. The minimum atomic E-state index is -3.24. The third-order valence-corrected chi connectivity index (χ3v) is 5.63. The van der Waals surface area contributed by atoms with Gasteiger partial charge < -0.3 is 9.73 Å². The van der Waals surface area contributed by atoms with Crippen LogP contribution in [0.4, 0.5) is 0 Å². The molecule has 1 N–H and O–H groups in total. The predicted molar refractivity (Wildman–Crippen MR) is 99.3 cm³/mol. The van der Waals surface area contributed by atoms with E-state index in [2.05, 4.69) is 21.2 Å². The number of halogens is 1. The molecule has 1 atom stereocenters. The summed E-state index contributed by atoms with van der Waals surface area (Å²) in [5.74, 6) is -0.107. The molecular weight excluding hydrogens is 406 g/mol. The van der Waals surface area contributed by atoms with Gasteiger partial charge >= 0.3 is 0 Å². The van der Waals surface area contributed by atoms with Gasteiger partial charge in [-0.15, -0.1) is 0 Å². The van der Waals surface area contributed by atoms with Gasteiger partial charge in [-0.3, -0.25) is 4.79 Å². The highest BCUT2D eigenvalue weighted by Crippen LogP contribution is 2.27. The van der Waals surface area contributed by atoms with Crippen LogP contribution in [0.1, 0.15) is 29.1 Å². The molecule has 7 heteroatoms. The molecule has 1 heterocycles. The average molecular weight is 422 g/mol. The molecule has 5 nitrogen and oxygen atoms in total. The highest BCUT2D eigenvalue weighted by atomic mass is 79.9. The Kier molecular flexibility index (Phi) is 4.71. The van der Waals surface area contributed by atoms with Crippen LogP contribution in [-0.2, 0) is 9.84 Å². The van der Waals surface area contributed by atoms with Crippen LogP contribution in [0.15, 0.2) is 62.3 Å². The summed E-state index contributed by atoms with van der Waals surface area (Å²) in [6.45, 7) is 1.83. The number of para-hydroxylation sites is 1. The number of carbonyl (C=O) groups excluding carboxylic acids is 1. The Morgan fingerprint density at radius 1 is 1.16 bits per heavy atom. The highest BCUT2D eigenvalue weighted by Gasteiger charge is 2.17. The van der Waals surface area contributed by atoms with Crippen molar-refractivity contribution >= 4 is 42.6 Å². The number of hydrogen-bond donors (Lipinski definition) is 1. The summed E-state index contributed by atoms with van der Waals surface area (Å²) < 4.78 is 29.4. The molecule has 0 spiro atoms. The van der Waals surface area contributed by atoms with E-state index in [4.69, 9.17) is 4.42 Å². The van der Waals surface area contributed by atoms with Crippen LogP contribution in [0.5, 0.6) is 0 Å². The molecule has 0 aliphatic carbocycles. The summed E-state index contributed by atoms with van der Waals surface area (Å²) in [5.41, 5.74) is 1.43. The maximum atomic E-state index is 12.4. The van der Waals surface area contributed by atoms with Gasteiger partial charge in [-0.1, -0.05) is 24.3 Å². The molecule has 0 aliphatic heterocycles. The zero-order valence-electron chi connectivity index (χ0n) is 13.6. The largest absolute Gasteiger partial charge is 0.450 e. The van der Waals surface area contributed by atoms with Crippen molar-refractivity contribution in [2.24, 2.45) is 0 Å². The number of benzene rings is 2. The van der Waals surface area contributed by atoms with E-state index in [0.29, 0.717) is 5.58 Å². The molecule has 0 saturated heterocycles. The number of hydrogen-bond acceptors (Lipinski definition) is 4. The fourth-order valence-electron chi connectivity index (χ4n) is 2.49. The van der Waals surface area contributed by atoms with E-state index < -0.39 is 9.84 Å². The second-order valence-corrected chi connectivity index (χ2v) is 8.68. The molecule has 1 aromatic heterocycles. The molecular formula is C18H16BrNO4S. The van der Waals surface area contributed by atoms with Crippen LogP contribution in [0.3, 0.4) is 0 Å². The molecule has 130 valence electrons. The van der Waals surface area contributed by atoms with Gasteiger partial charge in [-0.05, 0) is 52.7 Å². The molecule has 2 aromatic carbocycles. The molecule has 1 unspecified atom stereocenters. The number of furan rings is 1. The van der Waals surface area contributed by atoms with Crippen LogP contribution in [0, 0.1) is 0 Å². The molecule has 0 aliphatic rings. The zero-order valence-corrected chi connectivity index (χ0v) is 16.0. The standard InChI is InChI=1S/C18H16BrNO4S/c1-11(12-6-8-14(9-7-12)25(2,22)23)20-18(21)16-10-13-4-3-5-15(19)17(13)24-16/h3-11H,1-2H3,(H,20,21). The van der Waals surface area contributed by atoms with Gasteiger partial charge in [0.1, 0.15) is 5.58 Å². The Morgan fingerprint density at radius 2 is 1.84 bits per heavy atom. The molecule has 1 amide bonds. The third kappa shape index (κ3) is 3.77. The highest BCUT2D eigenvalue weighted by molar-refractivity contribution is 9.10. The van der Waals surface area contributed by atoms with E-state index in [0.717, 1.165) is 21.7 Å². The lowest BCUT2D eigenvalue weighted by Gasteiger charge is -2.13. The monoisotopic (exact) mass is 421 g/mol. The SMILES string of the molecule is CC(NC(=O)c1cc2cccc(Br)c2o1)c1ccc(S(C)(=O)=O)cc1. The van der Waals surface area contributed by atoms with Gasteiger partial charge in [0.15, 0.2) is 15.6 Å². The maximum Gasteiger partial charge on any atom is 0.287 e. The maximum absolute atomic E-state index is 12.4. The van der Waals surface area contributed by atoms with Crippen molar-refractivity contribution in [3.8, 4) is 0 Å². The molecule has 0 bridgehead atoms. The first kappa shape index (κ1) is 17.7. The molecule has 3 aromatic rings. The van der Waals surface area contributed by atoms with Crippen LogP contribution >= 0.6 is 15.9 Å². The molecule has 0 saturated carbocycles. The van der Waals surface area contributed by atoms with E-state index in [1.807, 2.05) is 25.1 Å². The predicted octanol–water partition coefficient (Wildman–Crippen LogP) is 4.09. The normalized spacial score (nSPS) is 12.9. The summed E-state index contributed by atoms with van der Waals surface area (Å²) in [7, 11) is -3.24. The van der Waals surface area contributed by atoms with Crippen molar-refractivity contribution in [2.45, 2.75) is 17.9 Å². The molecule has 0 fully saturated rings. The lowest BCUT2D eigenvalue weighted by Crippen LogP contribution is -2.26. The summed E-state index contributed by atoms with van der Waals surface area (Å²) in [6, 6.07) is 13.4. The Hall–Kier alpha value is -2.12. The fourth-order valence-corrected chi connectivity index (χ4v) is 3.59. The van der Waals surface area contributed by atoms with E-state index >= 15 is 0 Å². The smallest absolute Gasteiger partial charge is 0.287 e. The van der Waals surface area contributed by atoms with Crippen LogP contribution in [0.25, 0.3) is 11.0 Å². The minimum absolute atomic E-state index is 0.224. The third-order valence-electron chi connectivity index (χ3n) is 3.88. The van der Waals surface area contributed by atoms with Crippen LogP contribution in [-0.4, -0.2) is 20.6 Å². The number of rotatable bonds is 4. The lowest BCUT2D eigenvalue weighted by atomic mass is 10.1. The van der Waals surface area contributed by atoms with E-state index in [-0.39, 0.29) is 22.6 Å². The summed E-state index contributed by atoms with van der Waals surface area (Å²) in [4.78, 5) is 12.7. The summed E-state index contributed by atoms with van der Waals surface area (Å²) in [5, 5.41) is 3.69. The summed E-state index contributed by atoms with van der Waals surface area (Å²) >= 11 is 3.40. The van der Waals surface area contributed by atoms with Crippen LogP contribution < -0.4 is 5.32 Å². The van der Waals surface area contributed by atoms with Gasteiger partial charge in [0.05, 0.1) is 15.4 Å². The second-order valence-electron chi connectivity index (χ2n) is 5.81. The van der Waals surface area contributed by atoms with Crippen molar-refractivity contribution in [3.05, 3.63) is 64.3 Å². The Bertz CT molecular complexity index is 1040. The van der Waals surface area contributed by atoms with Crippen molar-refractivity contribution in [3.63, 3.8) is 0 Å². The number of fused-ring (bicyclic) bond motifs is 1. The van der Waals surface area contributed by atoms with E-state index in [1.54, 1.807) is 18.2 Å². The molecule has 0 radical (unpaired) electrons. The molecule has 25 heavy (non-hydrogen) atoms. The van der Waals surface area contributed by atoms with Crippen molar-refractivity contribution in [2.75, 3.05) is 6.26 Å². The number of nitrogens with one attached hydrogen (secondary N) is 1. The first-order valence-electron chi connectivity index (χ1n) is 7.54. The Balaban J connectivity index is 1.78. The topological polar surface area (TPSA) is 76.4 Å². The van der Waals surface area contributed by atoms with Gasteiger partial charge in [0, 0.05) is 11.6 Å². The van der Waals surface area contributed by atoms with Crippen LogP contribution in [0.2, 0.25) is 0 Å². The van der Waals surface area contributed by atoms with Crippen molar-refractivity contribution in [1.82, 2.24) is 5.32 Å². The lowest BCUT2D eigenvalue weighted by molar-refractivity contribution is 0.0914. The number of amides is 1. The summed E-state index contributed by atoms with van der Waals surface area (Å²) in [6.07, 6.45) is 1.16. The van der Waals surface area contributed by atoms with E-state index in [1.165, 1.54) is 12.1 Å². The quantitative estimate of drug-likeness (QED) is 0.687. The Labute approximate surface area is 154 Å². The zero-order chi connectivity index (χ0) is 18.2. The number of sulfone groups is 1. The van der Waals surface area contributed by atoms with Crippen molar-refractivity contribution < 1.29 is 17.6 Å². The van der Waals surface area contributed by atoms with E-state index in [9.17, 15) is 13.2 Å². The first-order chi connectivity index (χ1) is 11.8. The first-order valence-corrected chi connectivity index (χ1v) is 10.2. The Morgan fingerprint density at radius 3 is 2.44 bits per heavy atom. The average Bonchev–Trinajstić information content (AvgIpc) is 3.00. The fraction of sp³-hybridized carbons (Fsp3) is 0.167. The van der Waals surface area contributed by atoms with Gasteiger partial charge in [-0.25, -0.2) is 8.42 Å². The molecule has 3 rings (SSSR count). The van der Waals surface area contributed by atoms with Gasteiger partial charge in [-0.2, -0.15) is 0 Å². The second kappa shape index (κ2) is 6.65. The van der Waals surface area contributed by atoms with Crippen molar-refractivity contribution in [1.29, 1.82) is 0 Å². The van der Waals surface area contributed by atoms with Gasteiger partial charge in [0.25, 0.3) is 5.91 Å².